The molecule has 1 aliphatic heterocycles. The van der Waals surface area contributed by atoms with Gasteiger partial charge in [-0.3, -0.25) is 9.69 Å². The van der Waals surface area contributed by atoms with Crippen LogP contribution in [0.2, 0.25) is 0 Å². The van der Waals surface area contributed by atoms with Gasteiger partial charge in [0.1, 0.15) is 6.61 Å². The highest BCUT2D eigenvalue weighted by molar-refractivity contribution is 5.96. The monoisotopic (exact) mass is 277 g/mol. The van der Waals surface area contributed by atoms with Gasteiger partial charge in [-0.2, -0.15) is 0 Å². The van der Waals surface area contributed by atoms with Crippen molar-refractivity contribution in [1.29, 1.82) is 0 Å². The summed E-state index contributed by atoms with van der Waals surface area (Å²) in [4.78, 5) is 24.9. The molecule has 1 saturated heterocycles. The Balaban J connectivity index is 1.99. The van der Waals surface area contributed by atoms with Gasteiger partial charge in [-0.15, -0.1) is 0 Å². The molecule has 1 fully saturated rings. The predicted octanol–water partition coefficient (Wildman–Crippen LogP) is 1.58. The second-order valence-electron chi connectivity index (χ2n) is 4.84. The molecule has 0 saturated carbocycles. The third-order valence-electron chi connectivity index (χ3n) is 2.85. The van der Waals surface area contributed by atoms with Crippen molar-refractivity contribution in [3.05, 3.63) is 24.3 Å². The molecule has 2 rings (SSSR count). The number of hydrogen-bond donors (Lipinski definition) is 2. The Morgan fingerprint density at radius 3 is 2.95 bits per heavy atom. The Kier molecular flexibility index (Phi) is 4.57. The summed E-state index contributed by atoms with van der Waals surface area (Å²) in [6, 6.07) is 7.09. The molecule has 20 heavy (non-hydrogen) atoms. The Bertz CT molecular complexity index is 502. The van der Waals surface area contributed by atoms with Crippen LogP contribution in [0.3, 0.4) is 0 Å². The zero-order chi connectivity index (χ0) is 14.5. The normalized spacial score (nSPS) is 14.6. The van der Waals surface area contributed by atoms with E-state index in [0.717, 1.165) is 5.69 Å². The summed E-state index contributed by atoms with van der Waals surface area (Å²) in [7, 11) is 0. The highest BCUT2D eigenvalue weighted by atomic mass is 16.5. The minimum Gasteiger partial charge on any atom is -0.369 e. The number of anilines is 2. The van der Waals surface area contributed by atoms with E-state index in [9.17, 15) is 9.59 Å². The average Bonchev–Trinajstić information content (AvgIpc) is 2.83. The van der Waals surface area contributed by atoms with E-state index < -0.39 is 0 Å². The van der Waals surface area contributed by atoms with Gasteiger partial charge in [-0.1, -0.05) is 6.07 Å². The lowest BCUT2D eigenvalue weighted by molar-refractivity contribution is -0.121. The van der Waals surface area contributed by atoms with Crippen LogP contribution < -0.4 is 15.5 Å². The molecule has 6 heteroatoms. The molecule has 0 spiro atoms. The zero-order valence-electron chi connectivity index (χ0n) is 11.7. The van der Waals surface area contributed by atoms with Crippen molar-refractivity contribution in [3.63, 3.8) is 0 Å². The lowest BCUT2D eigenvalue weighted by atomic mass is 10.2. The van der Waals surface area contributed by atoms with E-state index in [2.05, 4.69) is 10.6 Å². The summed E-state index contributed by atoms with van der Waals surface area (Å²) < 4.78 is 5.24. The first kappa shape index (κ1) is 14.3. The van der Waals surface area contributed by atoms with Crippen molar-refractivity contribution < 1.29 is 14.3 Å². The van der Waals surface area contributed by atoms with Crippen molar-refractivity contribution in [1.82, 2.24) is 5.32 Å². The minimum absolute atomic E-state index is 0.0142. The molecule has 0 atom stereocenters. The Morgan fingerprint density at radius 2 is 2.30 bits per heavy atom. The maximum absolute atomic E-state index is 11.7. The lowest BCUT2D eigenvalue weighted by Crippen LogP contribution is -2.27. The van der Waals surface area contributed by atoms with Gasteiger partial charge in [0, 0.05) is 24.5 Å². The highest BCUT2D eigenvalue weighted by Gasteiger charge is 2.21. The lowest BCUT2D eigenvalue weighted by Gasteiger charge is -2.15. The number of ether oxygens (including phenoxy) is 1. The molecule has 6 nitrogen and oxygen atoms in total. The number of carbonyl (C=O) groups excluding carboxylic acids is 2. The van der Waals surface area contributed by atoms with Crippen LogP contribution in [0.1, 0.15) is 13.8 Å². The molecule has 0 aliphatic carbocycles. The number of nitrogens with zero attached hydrogens (tertiary/aromatic N) is 1. The van der Waals surface area contributed by atoms with Gasteiger partial charge in [0.15, 0.2) is 0 Å². The summed E-state index contributed by atoms with van der Waals surface area (Å²) in [5, 5.41) is 5.49. The van der Waals surface area contributed by atoms with Crippen molar-refractivity contribution in [3.8, 4) is 0 Å². The first-order chi connectivity index (χ1) is 9.56. The number of urea groups is 1. The van der Waals surface area contributed by atoms with Crippen LogP contribution in [0.25, 0.3) is 0 Å². The van der Waals surface area contributed by atoms with E-state index in [4.69, 9.17) is 4.74 Å². The Labute approximate surface area is 118 Å². The molecule has 1 aromatic rings. The summed E-state index contributed by atoms with van der Waals surface area (Å²) in [5.74, 6) is -0.207. The van der Waals surface area contributed by atoms with Crippen LogP contribution in [-0.2, 0) is 9.53 Å². The number of hydrogen-bond acceptors (Lipinski definition) is 3. The van der Waals surface area contributed by atoms with Crippen molar-refractivity contribution >= 4 is 23.3 Å². The first-order valence-corrected chi connectivity index (χ1v) is 6.63. The molecule has 0 radical (unpaired) electrons. The van der Waals surface area contributed by atoms with Crippen LogP contribution >= 0.6 is 0 Å². The third-order valence-corrected chi connectivity index (χ3v) is 2.85. The third kappa shape index (κ3) is 3.71. The molecule has 0 unspecified atom stereocenters. The summed E-state index contributed by atoms with van der Waals surface area (Å²) in [6.45, 7) is 5.04. The highest BCUT2D eigenvalue weighted by Crippen LogP contribution is 2.20. The Morgan fingerprint density at radius 1 is 1.50 bits per heavy atom. The number of carbonyl (C=O) groups is 2. The fourth-order valence-corrected chi connectivity index (χ4v) is 1.91. The van der Waals surface area contributed by atoms with Gasteiger partial charge < -0.3 is 15.4 Å². The van der Waals surface area contributed by atoms with Crippen molar-refractivity contribution in [2.45, 2.75) is 20.0 Å². The van der Waals surface area contributed by atoms with E-state index in [1.54, 1.807) is 23.1 Å². The standard InChI is InChI=1S/C14H19N3O3/c1-10(2)20-9-13(18)16-11-4-3-5-12(8-11)17-7-6-15-14(17)19/h3-5,8,10H,6-7,9H2,1-2H3,(H,15,19)(H,16,18). The minimum atomic E-state index is -0.207. The van der Waals surface area contributed by atoms with Gasteiger partial charge in [0.05, 0.1) is 6.10 Å². The second kappa shape index (κ2) is 6.38. The zero-order valence-corrected chi connectivity index (χ0v) is 11.7. The summed E-state index contributed by atoms with van der Waals surface area (Å²) in [6.07, 6.45) is 0.0142. The molecule has 1 aromatic carbocycles. The van der Waals surface area contributed by atoms with E-state index in [1.165, 1.54) is 0 Å². The number of rotatable bonds is 5. The van der Waals surface area contributed by atoms with Gasteiger partial charge in [-0.05, 0) is 32.0 Å². The summed E-state index contributed by atoms with van der Waals surface area (Å²) in [5.41, 5.74) is 1.42. The molecular formula is C14H19N3O3. The topological polar surface area (TPSA) is 70.7 Å². The first-order valence-electron chi connectivity index (χ1n) is 6.63. The molecule has 3 amide bonds. The predicted molar refractivity (Wildman–Crippen MR) is 76.9 cm³/mol. The fourth-order valence-electron chi connectivity index (χ4n) is 1.91. The van der Waals surface area contributed by atoms with Crippen molar-refractivity contribution in [2.75, 3.05) is 29.9 Å². The van der Waals surface area contributed by atoms with E-state index in [-0.39, 0.29) is 24.6 Å². The summed E-state index contributed by atoms with van der Waals surface area (Å²) >= 11 is 0. The van der Waals surface area contributed by atoms with Crippen LogP contribution in [0.4, 0.5) is 16.2 Å². The van der Waals surface area contributed by atoms with Gasteiger partial charge in [-0.25, -0.2) is 4.79 Å². The number of amides is 3. The second-order valence-corrected chi connectivity index (χ2v) is 4.84. The van der Waals surface area contributed by atoms with Crippen LogP contribution in [-0.4, -0.2) is 37.7 Å². The molecule has 0 bridgehead atoms. The molecule has 2 N–H and O–H groups in total. The van der Waals surface area contributed by atoms with Gasteiger partial charge in [0.2, 0.25) is 5.91 Å². The number of benzene rings is 1. The Hall–Kier alpha value is -2.08. The molecular weight excluding hydrogens is 258 g/mol. The van der Waals surface area contributed by atoms with Gasteiger partial charge >= 0.3 is 6.03 Å². The van der Waals surface area contributed by atoms with Crippen molar-refractivity contribution in [2.24, 2.45) is 0 Å². The number of nitrogens with one attached hydrogen (secondary N) is 2. The SMILES string of the molecule is CC(C)OCC(=O)Nc1cccc(N2CCNC2=O)c1. The fraction of sp³-hybridized carbons (Fsp3) is 0.429. The van der Waals surface area contributed by atoms with Gasteiger partial charge in [0.25, 0.3) is 0 Å². The molecule has 108 valence electrons. The molecule has 1 heterocycles. The largest absolute Gasteiger partial charge is 0.369 e. The quantitative estimate of drug-likeness (QED) is 0.858. The van der Waals surface area contributed by atoms with E-state index in [1.807, 2.05) is 19.9 Å². The van der Waals surface area contributed by atoms with E-state index in [0.29, 0.717) is 18.8 Å². The molecule has 0 aromatic heterocycles. The maximum atomic E-state index is 11.7. The van der Waals surface area contributed by atoms with Crippen LogP contribution in [0.15, 0.2) is 24.3 Å². The van der Waals surface area contributed by atoms with Crippen LogP contribution in [0, 0.1) is 0 Å². The molecule has 1 aliphatic rings. The van der Waals surface area contributed by atoms with Crippen LogP contribution in [0.5, 0.6) is 0 Å². The maximum Gasteiger partial charge on any atom is 0.321 e. The average molecular weight is 277 g/mol. The van der Waals surface area contributed by atoms with E-state index >= 15 is 0 Å². The smallest absolute Gasteiger partial charge is 0.321 e.